The highest BCUT2D eigenvalue weighted by Gasteiger charge is 2.34. The maximum Gasteiger partial charge on any atom is 0.317 e. The number of Topliss-reactive ketones (excluding diaryl/α,β-unsaturated/α-hetero) is 1. The molecule has 0 bridgehead atoms. The fourth-order valence-electron chi connectivity index (χ4n) is 4.60. The second-order valence-electron chi connectivity index (χ2n) is 9.22. The fraction of sp³-hybridized carbons (Fsp3) is 0.483. The van der Waals surface area contributed by atoms with Crippen LogP contribution in [0.15, 0.2) is 60.7 Å². The van der Waals surface area contributed by atoms with E-state index in [9.17, 15) is 19.5 Å². The van der Waals surface area contributed by atoms with Crippen LogP contribution in [-0.2, 0) is 36.9 Å². The van der Waals surface area contributed by atoms with Crippen LogP contribution < -0.4 is 0 Å². The van der Waals surface area contributed by atoms with Crippen LogP contribution in [0.1, 0.15) is 24.0 Å². The molecule has 2 aliphatic rings. The zero-order valence-corrected chi connectivity index (χ0v) is 22.5. The number of ether oxygens (including phenoxy) is 2. The number of nitrogens with zero attached hydrogens (tertiary/aromatic N) is 2. The lowest BCUT2D eigenvalue weighted by Crippen LogP contribution is -2.46. The summed E-state index contributed by atoms with van der Waals surface area (Å²) in [7, 11) is 3.69. The van der Waals surface area contributed by atoms with E-state index in [2.05, 4.69) is 26.7 Å². The summed E-state index contributed by atoms with van der Waals surface area (Å²) in [6.45, 7) is 4.11. The van der Waals surface area contributed by atoms with E-state index in [1.165, 1.54) is 25.3 Å². The standard InChI is InChI=1S/C14H19NO3.C14H17NO3.CH4O/c2*1-18-14(17)12-10-15(8-7-13(12)16)9-11-5-3-2-4-6-11;1-2/h2-6,12-13,16H,7-10H2,1H3;2-6,12H,7-10H2,1H3;2H,1H3. The number of hydrogen-bond acceptors (Lipinski definition) is 9. The average Bonchev–Trinajstić information content (AvgIpc) is 2.97. The Hall–Kier alpha value is -3.11. The number of rotatable bonds is 6. The van der Waals surface area contributed by atoms with Gasteiger partial charge in [-0.25, -0.2) is 0 Å². The van der Waals surface area contributed by atoms with E-state index in [1.54, 1.807) is 0 Å². The van der Waals surface area contributed by atoms with Crippen molar-refractivity contribution < 1.29 is 34.1 Å². The molecule has 3 atom stereocenters. The molecule has 0 aliphatic carbocycles. The van der Waals surface area contributed by atoms with Crippen molar-refractivity contribution in [2.45, 2.75) is 32.0 Å². The second kappa shape index (κ2) is 16.7. The molecule has 9 nitrogen and oxygen atoms in total. The Morgan fingerprint density at radius 3 is 1.82 bits per heavy atom. The first-order valence-corrected chi connectivity index (χ1v) is 12.7. The van der Waals surface area contributed by atoms with Gasteiger partial charge in [-0.2, -0.15) is 0 Å². The first kappa shape index (κ1) is 31.1. The highest BCUT2D eigenvalue weighted by molar-refractivity contribution is 5.99. The number of carbonyl (C=O) groups excluding carboxylic acids is 3. The van der Waals surface area contributed by atoms with Crippen LogP contribution in [0.4, 0.5) is 0 Å². The number of piperidine rings is 2. The van der Waals surface area contributed by atoms with Crippen LogP contribution >= 0.6 is 0 Å². The first-order chi connectivity index (χ1) is 18.4. The third kappa shape index (κ3) is 9.64. The SMILES string of the molecule is CO.COC(=O)C1CN(Cc2ccccc2)CCC1=O.COC(=O)C1CN(Cc2ccccc2)CCC1O. The zero-order chi connectivity index (χ0) is 27.9. The predicted octanol–water partition coefficient (Wildman–Crippen LogP) is 1.90. The van der Waals surface area contributed by atoms with Crippen LogP contribution in [-0.4, -0.2) is 91.3 Å². The van der Waals surface area contributed by atoms with E-state index in [1.807, 2.05) is 48.5 Å². The van der Waals surface area contributed by atoms with Gasteiger partial charge in [0.25, 0.3) is 0 Å². The summed E-state index contributed by atoms with van der Waals surface area (Å²) in [5, 5.41) is 16.8. The summed E-state index contributed by atoms with van der Waals surface area (Å²) in [5.41, 5.74) is 2.41. The van der Waals surface area contributed by atoms with Crippen molar-refractivity contribution >= 4 is 17.7 Å². The van der Waals surface area contributed by atoms with E-state index in [4.69, 9.17) is 9.84 Å². The molecule has 2 N–H and O–H groups in total. The molecule has 9 heteroatoms. The monoisotopic (exact) mass is 528 g/mol. The topological polar surface area (TPSA) is 117 Å². The average molecular weight is 529 g/mol. The molecule has 208 valence electrons. The van der Waals surface area contributed by atoms with E-state index in [0.29, 0.717) is 32.5 Å². The minimum atomic E-state index is -0.618. The predicted molar refractivity (Wildman–Crippen MR) is 143 cm³/mol. The number of likely N-dealkylation sites (tertiary alicyclic amines) is 2. The van der Waals surface area contributed by atoms with E-state index < -0.39 is 23.9 Å². The molecule has 0 amide bonds. The highest BCUT2D eigenvalue weighted by Crippen LogP contribution is 2.20. The van der Waals surface area contributed by atoms with Crippen LogP contribution in [0.5, 0.6) is 0 Å². The number of methoxy groups -OCH3 is 2. The lowest BCUT2D eigenvalue weighted by Gasteiger charge is -2.34. The molecule has 0 aromatic heterocycles. The third-order valence-electron chi connectivity index (χ3n) is 6.65. The van der Waals surface area contributed by atoms with E-state index in [-0.39, 0.29) is 11.8 Å². The van der Waals surface area contributed by atoms with Crippen molar-refractivity contribution in [1.29, 1.82) is 0 Å². The van der Waals surface area contributed by atoms with Crippen molar-refractivity contribution in [3.05, 3.63) is 71.8 Å². The molecule has 2 aromatic rings. The molecule has 4 rings (SSSR count). The van der Waals surface area contributed by atoms with Crippen molar-refractivity contribution in [3.63, 3.8) is 0 Å². The van der Waals surface area contributed by atoms with Crippen LogP contribution in [0, 0.1) is 11.8 Å². The molecule has 2 aliphatic heterocycles. The Balaban J connectivity index is 0.000000251. The van der Waals surface area contributed by atoms with Gasteiger partial charge in [-0.3, -0.25) is 24.2 Å². The summed E-state index contributed by atoms with van der Waals surface area (Å²) >= 11 is 0. The summed E-state index contributed by atoms with van der Waals surface area (Å²) in [5.74, 6) is -1.79. The van der Waals surface area contributed by atoms with Crippen LogP contribution in [0.2, 0.25) is 0 Å². The fourth-order valence-corrected chi connectivity index (χ4v) is 4.60. The molecule has 2 fully saturated rings. The Labute approximate surface area is 225 Å². The zero-order valence-electron chi connectivity index (χ0n) is 22.5. The summed E-state index contributed by atoms with van der Waals surface area (Å²) in [4.78, 5) is 39.0. The van der Waals surface area contributed by atoms with Crippen molar-refractivity contribution in [1.82, 2.24) is 9.80 Å². The summed E-state index contributed by atoms with van der Waals surface area (Å²) in [6.07, 6.45) is 0.462. The number of esters is 2. The third-order valence-corrected chi connectivity index (χ3v) is 6.65. The van der Waals surface area contributed by atoms with Crippen molar-refractivity contribution in [2.24, 2.45) is 11.8 Å². The largest absolute Gasteiger partial charge is 0.469 e. The number of aliphatic hydroxyl groups excluding tert-OH is 2. The minimum absolute atomic E-state index is 0.00818. The first-order valence-electron chi connectivity index (χ1n) is 12.7. The quantitative estimate of drug-likeness (QED) is 0.428. The normalized spacial score (nSPS) is 21.7. The molecular formula is C29H40N2O7. The van der Waals surface area contributed by atoms with Gasteiger partial charge in [0.05, 0.1) is 26.2 Å². The molecule has 38 heavy (non-hydrogen) atoms. The Bertz CT molecular complexity index is 979. The molecule has 0 radical (unpaired) electrons. The smallest absolute Gasteiger partial charge is 0.317 e. The van der Waals surface area contributed by atoms with Gasteiger partial charge in [-0.1, -0.05) is 60.7 Å². The molecular weight excluding hydrogens is 488 g/mol. The van der Waals surface area contributed by atoms with Gasteiger partial charge in [0.1, 0.15) is 11.7 Å². The molecule has 2 saturated heterocycles. The van der Waals surface area contributed by atoms with Gasteiger partial charge in [0.15, 0.2) is 0 Å². The molecule has 2 heterocycles. The maximum absolute atomic E-state index is 11.7. The van der Waals surface area contributed by atoms with Gasteiger partial charge in [0, 0.05) is 52.8 Å². The van der Waals surface area contributed by atoms with Gasteiger partial charge >= 0.3 is 11.9 Å². The number of aliphatic hydroxyl groups is 2. The van der Waals surface area contributed by atoms with Gasteiger partial charge < -0.3 is 19.7 Å². The van der Waals surface area contributed by atoms with Gasteiger partial charge in [0.2, 0.25) is 0 Å². The van der Waals surface area contributed by atoms with Crippen LogP contribution in [0.25, 0.3) is 0 Å². The second-order valence-corrected chi connectivity index (χ2v) is 9.22. The summed E-state index contributed by atoms with van der Waals surface area (Å²) < 4.78 is 9.41. The van der Waals surface area contributed by atoms with Gasteiger partial charge in [-0.15, -0.1) is 0 Å². The molecule has 3 unspecified atom stereocenters. The number of benzene rings is 2. The Morgan fingerprint density at radius 2 is 1.32 bits per heavy atom. The van der Waals surface area contributed by atoms with Crippen molar-refractivity contribution in [3.8, 4) is 0 Å². The molecule has 2 aromatic carbocycles. The molecule has 0 saturated carbocycles. The summed E-state index contributed by atoms with van der Waals surface area (Å²) in [6, 6.07) is 20.2. The van der Waals surface area contributed by atoms with Crippen LogP contribution in [0.3, 0.4) is 0 Å². The minimum Gasteiger partial charge on any atom is -0.469 e. The lowest BCUT2D eigenvalue weighted by atomic mass is 9.94. The number of carbonyl (C=O) groups is 3. The van der Waals surface area contributed by atoms with Crippen molar-refractivity contribution in [2.75, 3.05) is 47.5 Å². The maximum atomic E-state index is 11.7. The van der Waals surface area contributed by atoms with Gasteiger partial charge in [-0.05, 0) is 17.5 Å². The number of ketones is 1. The van der Waals surface area contributed by atoms with E-state index >= 15 is 0 Å². The van der Waals surface area contributed by atoms with E-state index in [0.717, 1.165) is 26.7 Å². The lowest BCUT2D eigenvalue weighted by molar-refractivity contribution is -0.153. The molecule has 0 spiro atoms. The number of hydrogen-bond donors (Lipinski definition) is 2. The Morgan fingerprint density at radius 1 is 0.816 bits per heavy atom. The highest BCUT2D eigenvalue weighted by atomic mass is 16.5. The Kier molecular flexibility index (Phi) is 13.7.